The molecule has 0 unspecified atom stereocenters. The van der Waals surface area contributed by atoms with E-state index in [4.69, 9.17) is 0 Å². The lowest BCUT2D eigenvalue weighted by Gasteiger charge is -2.04. The van der Waals surface area contributed by atoms with E-state index in [-0.39, 0.29) is 5.91 Å². The molecule has 0 saturated carbocycles. The van der Waals surface area contributed by atoms with Crippen LogP contribution in [-0.4, -0.2) is 16.1 Å². The molecule has 1 amide bonds. The van der Waals surface area contributed by atoms with Gasteiger partial charge in [-0.05, 0) is 17.6 Å². The van der Waals surface area contributed by atoms with E-state index in [0.29, 0.717) is 11.0 Å². The zero-order chi connectivity index (χ0) is 13.8. The number of hydrogen-bond acceptors (Lipinski definition) is 4. The third-order valence-electron chi connectivity index (χ3n) is 2.66. The second kappa shape index (κ2) is 5.75. The van der Waals surface area contributed by atoms with Crippen molar-refractivity contribution < 1.29 is 4.79 Å². The summed E-state index contributed by atoms with van der Waals surface area (Å²) in [7, 11) is 0. The van der Waals surface area contributed by atoms with Crippen molar-refractivity contribution in [2.24, 2.45) is 0 Å². The monoisotopic (exact) mass is 273 g/mol. The van der Waals surface area contributed by atoms with Gasteiger partial charge in [-0.1, -0.05) is 56.0 Å². The third-order valence-corrected chi connectivity index (χ3v) is 3.55. The van der Waals surface area contributed by atoms with E-state index >= 15 is 0 Å². The van der Waals surface area contributed by atoms with Gasteiger partial charge >= 0.3 is 0 Å². The molecule has 2 rings (SSSR count). The Bertz CT molecular complexity index is 587. The number of benzene rings is 1. The summed E-state index contributed by atoms with van der Waals surface area (Å²) in [6.45, 7) is 7.70. The van der Waals surface area contributed by atoms with Crippen molar-refractivity contribution >= 4 is 22.4 Å². The molecule has 0 aliphatic heterocycles. The normalized spacial score (nSPS) is 10.5. The molecular weight excluding hydrogens is 258 g/mol. The summed E-state index contributed by atoms with van der Waals surface area (Å²) in [6, 6.07) is 8.22. The summed E-state index contributed by atoms with van der Waals surface area (Å²) < 4.78 is 0. The van der Waals surface area contributed by atoms with Gasteiger partial charge in [0.2, 0.25) is 11.0 Å². The van der Waals surface area contributed by atoms with Crippen molar-refractivity contribution in [2.75, 3.05) is 5.32 Å². The summed E-state index contributed by atoms with van der Waals surface area (Å²) in [5.74, 6) is 0.226. The molecule has 0 atom stereocenters. The van der Waals surface area contributed by atoms with Crippen LogP contribution in [0.5, 0.6) is 0 Å². The van der Waals surface area contributed by atoms with E-state index in [2.05, 4.69) is 48.1 Å². The highest BCUT2D eigenvalue weighted by molar-refractivity contribution is 7.18. The van der Waals surface area contributed by atoms with Crippen molar-refractivity contribution in [1.29, 1.82) is 0 Å². The highest BCUT2D eigenvalue weighted by Gasteiger charge is 2.08. The minimum atomic E-state index is -0.280. The highest BCUT2D eigenvalue weighted by Crippen LogP contribution is 2.27. The molecule has 0 spiro atoms. The molecule has 2 aromatic rings. The molecule has 98 valence electrons. The third kappa shape index (κ3) is 3.26. The maximum absolute atomic E-state index is 11.2. The molecule has 5 heteroatoms. The van der Waals surface area contributed by atoms with E-state index in [9.17, 15) is 4.79 Å². The Morgan fingerprint density at radius 1 is 1.32 bits per heavy atom. The second-order valence-electron chi connectivity index (χ2n) is 4.38. The minimum absolute atomic E-state index is 0.280. The number of carbonyl (C=O) groups excluding carboxylic acids is 1. The Morgan fingerprint density at radius 2 is 2.00 bits per heavy atom. The lowest BCUT2D eigenvalue weighted by atomic mass is 10.0. The number of amides is 1. The Morgan fingerprint density at radius 3 is 2.58 bits per heavy atom. The summed E-state index contributed by atoms with van der Waals surface area (Å²) >= 11 is 1.34. The van der Waals surface area contributed by atoms with Gasteiger partial charge in [0, 0.05) is 5.56 Å². The zero-order valence-electron chi connectivity index (χ0n) is 10.9. The standard InChI is InChI=1S/C14H15N3OS/c1-4-12(18)15-14-17-16-13(19-14)11-7-5-10(6-8-11)9(2)3/h4-9H,1H2,2-3H3,(H,15,17,18). The maximum atomic E-state index is 11.2. The molecule has 1 heterocycles. The van der Waals surface area contributed by atoms with Crippen molar-refractivity contribution in [1.82, 2.24) is 10.2 Å². The first-order chi connectivity index (χ1) is 9.10. The van der Waals surface area contributed by atoms with Crippen molar-refractivity contribution in [3.05, 3.63) is 42.5 Å². The number of carbonyl (C=O) groups is 1. The fraction of sp³-hybridized carbons (Fsp3) is 0.214. The number of hydrogen-bond donors (Lipinski definition) is 1. The van der Waals surface area contributed by atoms with Crippen LogP contribution in [0.3, 0.4) is 0 Å². The lowest BCUT2D eigenvalue weighted by molar-refractivity contribution is -0.111. The van der Waals surface area contributed by atoms with Gasteiger partial charge in [-0.15, -0.1) is 10.2 Å². The molecule has 0 aliphatic carbocycles. The Labute approximate surface area is 116 Å². The highest BCUT2D eigenvalue weighted by atomic mass is 32.1. The predicted molar refractivity (Wildman–Crippen MR) is 78.3 cm³/mol. The Balaban J connectivity index is 2.18. The molecule has 1 N–H and O–H groups in total. The lowest BCUT2D eigenvalue weighted by Crippen LogP contribution is -2.06. The average molecular weight is 273 g/mol. The topological polar surface area (TPSA) is 54.9 Å². The second-order valence-corrected chi connectivity index (χ2v) is 5.36. The van der Waals surface area contributed by atoms with Gasteiger partial charge in [-0.2, -0.15) is 0 Å². The molecule has 0 radical (unpaired) electrons. The largest absolute Gasteiger partial charge is 0.297 e. The molecule has 0 bridgehead atoms. The summed E-state index contributed by atoms with van der Waals surface area (Å²) in [4.78, 5) is 11.2. The number of nitrogens with one attached hydrogen (secondary N) is 1. The minimum Gasteiger partial charge on any atom is -0.297 e. The number of nitrogens with zero attached hydrogens (tertiary/aromatic N) is 2. The molecule has 0 saturated heterocycles. The fourth-order valence-electron chi connectivity index (χ4n) is 1.56. The average Bonchev–Trinajstić information content (AvgIpc) is 2.87. The van der Waals surface area contributed by atoms with E-state index in [1.807, 2.05) is 12.1 Å². The van der Waals surface area contributed by atoms with Crippen molar-refractivity contribution in [3.8, 4) is 10.6 Å². The molecule has 1 aromatic heterocycles. The summed E-state index contributed by atoms with van der Waals surface area (Å²) in [5.41, 5.74) is 2.29. The maximum Gasteiger partial charge on any atom is 0.249 e. The molecule has 1 aromatic carbocycles. The van der Waals surface area contributed by atoms with E-state index < -0.39 is 0 Å². The number of aromatic nitrogens is 2. The Hall–Kier alpha value is -2.01. The van der Waals surface area contributed by atoms with E-state index in [1.54, 1.807) is 0 Å². The molecule has 0 aliphatic rings. The fourth-order valence-corrected chi connectivity index (χ4v) is 2.31. The van der Waals surface area contributed by atoms with Crippen molar-refractivity contribution in [2.45, 2.75) is 19.8 Å². The Kier molecular flexibility index (Phi) is 4.06. The zero-order valence-corrected chi connectivity index (χ0v) is 11.7. The van der Waals surface area contributed by atoms with Crippen LogP contribution in [0, 0.1) is 0 Å². The van der Waals surface area contributed by atoms with E-state index in [0.717, 1.165) is 10.6 Å². The SMILES string of the molecule is C=CC(=O)Nc1nnc(-c2ccc(C(C)C)cc2)s1. The van der Waals surface area contributed by atoms with Crippen LogP contribution >= 0.6 is 11.3 Å². The molecule has 0 fully saturated rings. The molecule has 4 nitrogen and oxygen atoms in total. The summed E-state index contributed by atoms with van der Waals surface area (Å²) in [5, 5.41) is 11.9. The molecular formula is C14H15N3OS. The van der Waals surface area contributed by atoms with Gasteiger partial charge in [-0.3, -0.25) is 10.1 Å². The summed E-state index contributed by atoms with van der Waals surface area (Å²) in [6.07, 6.45) is 1.21. The van der Waals surface area contributed by atoms with Gasteiger partial charge in [0.05, 0.1) is 0 Å². The van der Waals surface area contributed by atoms with Crippen LogP contribution in [0.1, 0.15) is 25.3 Å². The number of anilines is 1. The number of rotatable bonds is 4. The van der Waals surface area contributed by atoms with Crippen LogP contribution in [-0.2, 0) is 4.79 Å². The first-order valence-electron chi connectivity index (χ1n) is 5.97. The predicted octanol–water partition coefficient (Wildman–Crippen LogP) is 3.45. The first kappa shape index (κ1) is 13.4. The van der Waals surface area contributed by atoms with E-state index in [1.165, 1.54) is 23.0 Å². The van der Waals surface area contributed by atoms with Gasteiger partial charge < -0.3 is 0 Å². The van der Waals surface area contributed by atoms with Crippen LogP contribution in [0.15, 0.2) is 36.9 Å². The smallest absolute Gasteiger partial charge is 0.249 e. The quantitative estimate of drug-likeness (QED) is 0.868. The first-order valence-corrected chi connectivity index (χ1v) is 6.79. The van der Waals surface area contributed by atoms with Crippen LogP contribution in [0.4, 0.5) is 5.13 Å². The van der Waals surface area contributed by atoms with Gasteiger partial charge in [0.1, 0.15) is 5.01 Å². The molecule has 19 heavy (non-hydrogen) atoms. The van der Waals surface area contributed by atoms with Gasteiger partial charge in [-0.25, -0.2) is 0 Å². The van der Waals surface area contributed by atoms with Gasteiger partial charge in [0.15, 0.2) is 0 Å². The van der Waals surface area contributed by atoms with Crippen molar-refractivity contribution in [3.63, 3.8) is 0 Å². The van der Waals surface area contributed by atoms with Crippen LogP contribution < -0.4 is 5.32 Å². The van der Waals surface area contributed by atoms with Crippen LogP contribution in [0.25, 0.3) is 10.6 Å². The van der Waals surface area contributed by atoms with Gasteiger partial charge in [0.25, 0.3) is 0 Å². The van der Waals surface area contributed by atoms with Crippen LogP contribution in [0.2, 0.25) is 0 Å².